The Morgan fingerprint density at radius 3 is 2.20 bits per heavy atom. The number of carbonyl (C=O) groups is 1. The zero-order chi connectivity index (χ0) is 18.4. The minimum atomic E-state index is -4.41. The average Bonchev–Trinajstić information content (AvgIpc) is 2.58. The molecule has 0 aromatic heterocycles. The van der Waals surface area contributed by atoms with Crippen LogP contribution >= 0.6 is 0 Å². The number of nitro benzene ring substituents is 1. The quantitative estimate of drug-likeness (QED) is 0.347. The fourth-order valence-corrected chi connectivity index (χ4v) is 1.86. The first-order valence-electron chi connectivity index (χ1n) is 7.01. The molecule has 0 unspecified atom stereocenters. The highest BCUT2D eigenvalue weighted by molar-refractivity contribution is 5.87. The Morgan fingerprint density at radius 2 is 1.68 bits per heavy atom. The van der Waals surface area contributed by atoms with Crippen LogP contribution in [0.25, 0.3) is 6.08 Å². The normalized spacial score (nSPS) is 11.5. The van der Waals surface area contributed by atoms with Crippen LogP contribution in [0, 0.1) is 10.1 Å². The number of halogens is 3. The van der Waals surface area contributed by atoms with Crippen LogP contribution in [0.15, 0.2) is 54.6 Å². The molecule has 0 bridgehead atoms. The lowest BCUT2D eigenvalue weighted by molar-refractivity contribution is -0.384. The van der Waals surface area contributed by atoms with Gasteiger partial charge in [-0.05, 0) is 41.5 Å². The van der Waals surface area contributed by atoms with E-state index in [1.54, 1.807) is 0 Å². The summed E-state index contributed by atoms with van der Waals surface area (Å²) in [5.74, 6) is -0.682. The van der Waals surface area contributed by atoms with Crippen LogP contribution in [0.4, 0.5) is 18.9 Å². The predicted molar refractivity (Wildman–Crippen MR) is 83.4 cm³/mol. The molecule has 0 atom stereocenters. The van der Waals surface area contributed by atoms with E-state index in [0.717, 1.165) is 18.2 Å². The van der Waals surface area contributed by atoms with Crippen LogP contribution in [0.1, 0.15) is 16.7 Å². The molecule has 0 amide bonds. The molecule has 0 saturated carbocycles. The maximum atomic E-state index is 12.4. The molecule has 0 aliphatic rings. The molecule has 0 aliphatic carbocycles. The Bertz CT molecular complexity index is 781. The number of hydrogen-bond acceptors (Lipinski definition) is 4. The average molecular weight is 351 g/mol. The number of benzene rings is 2. The third-order valence-corrected chi connectivity index (χ3v) is 3.18. The van der Waals surface area contributed by atoms with Crippen molar-refractivity contribution in [3.05, 3.63) is 81.4 Å². The number of nitro groups is 1. The van der Waals surface area contributed by atoms with Crippen molar-refractivity contribution in [3.8, 4) is 0 Å². The Labute approximate surface area is 140 Å². The van der Waals surface area contributed by atoms with E-state index in [9.17, 15) is 28.1 Å². The topological polar surface area (TPSA) is 69.4 Å². The maximum absolute atomic E-state index is 12.4. The number of carbonyl (C=O) groups excluding carboxylic acids is 1. The summed E-state index contributed by atoms with van der Waals surface area (Å²) in [5, 5.41) is 10.5. The van der Waals surface area contributed by atoms with Gasteiger partial charge in [0.25, 0.3) is 5.69 Å². The molecule has 25 heavy (non-hydrogen) atoms. The molecule has 5 nitrogen and oxygen atoms in total. The van der Waals surface area contributed by atoms with Gasteiger partial charge in [-0.15, -0.1) is 0 Å². The molecule has 130 valence electrons. The van der Waals surface area contributed by atoms with Crippen molar-refractivity contribution in [2.45, 2.75) is 12.8 Å². The SMILES string of the molecule is O=C(/C=C/c1ccc(C(F)(F)F)cc1)OCc1ccc([N+](=O)[O-])cc1. The Hall–Kier alpha value is -3.16. The first kappa shape index (κ1) is 18.2. The van der Waals surface area contributed by atoms with E-state index in [0.29, 0.717) is 11.1 Å². The van der Waals surface area contributed by atoms with Gasteiger partial charge in [0.05, 0.1) is 10.5 Å². The molecular formula is C17H12F3NO4. The van der Waals surface area contributed by atoms with E-state index in [2.05, 4.69) is 0 Å². The maximum Gasteiger partial charge on any atom is 0.416 e. The van der Waals surface area contributed by atoms with Gasteiger partial charge in [-0.1, -0.05) is 12.1 Å². The van der Waals surface area contributed by atoms with E-state index in [1.165, 1.54) is 42.5 Å². The summed E-state index contributed by atoms with van der Waals surface area (Å²) in [5.41, 5.74) is 0.143. The fourth-order valence-electron chi connectivity index (χ4n) is 1.86. The molecular weight excluding hydrogens is 339 g/mol. The molecule has 0 radical (unpaired) electrons. The molecule has 2 aromatic rings. The number of alkyl halides is 3. The van der Waals surface area contributed by atoms with Gasteiger partial charge < -0.3 is 4.74 Å². The molecule has 0 spiro atoms. The van der Waals surface area contributed by atoms with Gasteiger partial charge in [0, 0.05) is 18.2 Å². The third kappa shape index (κ3) is 5.45. The molecule has 0 aliphatic heterocycles. The highest BCUT2D eigenvalue weighted by Gasteiger charge is 2.29. The van der Waals surface area contributed by atoms with Crippen LogP contribution in [0.3, 0.4) is 0 Å². The highest BCUT2D eigenvalue weighted by atomic mass is 19.4. The minimum absolute atomic E-state index is 0.0720. The van der Waals surface area contributed by atoms with Crippen molar-refractivity contribution in [1.82, 2.24) is 0 Å². The van der Waals surface area contributed by atoms with Crippen molar-refractivity contribution < 1.29 is 27.6 Å². The van der Waals surface area contributed by atoms with Gasteiger partial charge in [0.15, 0.2) is 0 Å². The first-order valence-corrected chi connectivity index (χ1v) is 7.01. The fraction of sp³-hybridized carbons (Fsp3) is 0.118. The van der Waals surface area contributed by atoms with Gasteiger partial charge in [-0.25, -0.2) is 4.79 Å². The standard InChI is InChI=1S/C17H12F3NO4/c18-17(19,20)14-6-1-12(2-7-14)5-10-16(22)25-11-13-3-8-15(9-4-13)21(23)24/h1-10H,11H2/b10-5+. The van der Waals surface area contributed by atoms with Crippen LogP contribution in [0.5, 0.6) is 0 Å². The van der Waals surface area contributed by atoms with E-state index in [-0.39, 0.29) is 12.3 Å². The van der Waals surface area contributed by atoms with Gasteiger partial charge in [0.1, 0.15) is 6.61 Å². The second-order valence-electron chi connectivity index (χ2n) is 4.98. The number of esters is 1. The van der Waals surface area contributed by atoms with E-state index in [4.69, 9.17) is 4.74 Å². The lowest BCUT2D eigenvalue weighted by Gasteiger charge is -2.06. The summed E-state index contributed by atoms with van der Waals surface area (Å²) >= 11 is 0. The van der Waals surface area contributed by atoms with Gasteiger partial charge >= 0.3 is 12.1 Å². The van der Waals surface area contributed by atoms with E-state index in [1.807, 2.05) is 0 Å². The van der Waals surface area contributed by atoms with Crippen molar-refractivity contribution in [2.75, 3.05) is 0 Å². The van der Waals surface area contributed by atoms with E-state index < -0.39 is 22.6 Å². The van der Waals surface area contributed by atoms with Crippen LogP contribution < -0.4 is 0 Å². The van der Waals surface area contributed by atoms with Crippen LogP contribution in [-0.2, 0) is 22.3 Å². The molecule has 8 heteroatoms. The highest BCUT2D eigenvalue weighted by Crippen LogP contribution is 2.29. The lowest BCUT2D eigenvalue weighted by Crippen LogP contribution is -2.04. The molecule has 0 heterocycles. The van der Waals surface area contributed by atoms with Gasteiger partial charge in [0.2, 0.25) is 0 Å². The van der Waals surface area contributed by atoms with Crippen LogP contribution in [-0.4, -0.2) is 10.9 Å². The Kier molecular flexibility index (Phi) is 5.53. The van der Waals surface area contributed by atoms with Gasteiger partial charge in [-0.3, -0.25) is 10.1 Å². The Balaban J connectivity index is 1.89. The monoisotopic (exact) mass is 351 g/mol. The van der Waals surface area contributed by atoms with Crippen molar-refractivity contribution >= 4 is 17.7 Å². The summed E-state index contributed by atoms with van der Waals surface area (Å²) in [4.78, 5) is 21.6. The summed E-state index contributed by atoms with van der Waals surface area (Å²) in [6, 6.07) is 9.83. The lowest BCUT2D eigenvalue weighted by atomic mass is 10.1. The minimum Gasteiger partial charge on any atom is -0.458 e. The van der Waals surface area contributed by atoms with Crippen LogP contribution in [0.2, 0.25) is 0 Å². The van der Waals surface area contributed by atoms with Crippen molar-refractivity contribution in [1.29, 1.82) is 0 Å². The molecule has 0 fully saturated rings. The third-order valence-electron chi connectivity index (χ3n) is 3.18. The summed E-state index contributed by atoms with van der Waals surface area (Å²) in [6.45, 7) is -0.0752. The summed E-state index contributed by atoms with van der Waals surface area (Å²) < 4.78 is 42.3. The smallest absolute Gasteiger partial charge is 0.416 e. The van der Waals surface area contributed by atoms with Crippen molar-refractivity contribution in [3.63, 3.8) is 0 Å². The number of ether oxygens (including phenoxy) is 1. The second kappa shape index (κ2) is 7.61. The predicted octanol–water partition coefficient (Wildman–Crippen LogP) is 4.37. The molecule has 2 aromatic carbocycles. The number of non-ortho nitro benzene ring substituents is 1. The zero-order valence-electron chi connectivity index (χ0n) is 12.7. The number of nitrogens with zero attached hydrogens (tertiary/aromatic N) is 1. The summed E-state index contributed by atoms with van der Waals surface area (Å²) in [6.07, 6.45) is -1.99. The first-order chi connectivity index (χ1) is 11.8. The Morgan fingerprint density at radius 1 is 1.08 bits per heavy atom. The van der Waals surface area contributed by atoms with Crippen molar-refractivity contribution in [2.24, 2.45) is 0 Å². The van der Waals surface area contributed by atoms with Gasteiger partial charge in [-0.2, -0.15) is 13.2 Å². The van der Waals surface area contributed by atoms with E-state index >= 15 is 0 Å². The largest absolute Gasteiger partial charge is 0.458 e. The number of rotatable bonds is 5. The molecule has 0 saturated heterocycles. The molecule has 0 N–H and O–H groups in total. The molecule has 2 rings (SSSR count). The zero-order valence-corrected chi connectivity index (χ0v) is 12.7. The second-order valence-corrected chi connectivity index (χ2v) is 4.98. The summed E-state index contributed by atoms with van der Waals surface area (Å²) in [7, 11) is 0. The number of hydrogen-bond donors (Lipinski definition) is 0.